The molecule has 1 nitrogen and oxygen atoms in total. The Bertz CT molecular complexity index is 111. The molecule has 0 saturated heterocycles. The zero-order valence-corrected chi connectivity index (χ0v) is 4.25. The molecule has 0 saturated carbocycles. The van der Waals surface area contributed by atoms with E-state index in [1.807, 2.05) is 6.92 Å². The van der Waals surface area contributed by atoms with Crippen molar-refractivity contribution in [2.45, 2.75) is 6.92 Å². The Balaban J connectivity index is 3.05. The largest absolute Gasteiger partial charge is 0.249 e. The Hall–Kier alpha value is -0.370. The zero-order chi connectivity index (χ0) is 4.41. The summed E-state index contributed by atoms with van der Waals surface area (Å²) in [5.41, 5.74) is 0. The van der Waals surface area contributed by atoms with Crippen LogP contribution in [0.25, 0.3) is 0 Å². The molecule has 6 heavy (non-hydrogen) atoms. The van der Waals surface area contributed by atoms with Crippen LogP contribution >= 0.6 is 11.3 Å². The maximum atomic E-state index is 3.88. The summed E-state index contributed by atoms with van der Waals surface area (Å²) in [6.07, 6.45) is 1.68. The quantitative estimate of drug-likeness (QED) is 0.476. The third kappa shape index (κ3) is 0.571. The summed E-state index contributed by atoms with van der Waals surface area (Å²) >= 11 is 1.54. The van der Waals surface area contributed by atoms with E-state index in [-0.39, 0.29) is 0 Å². The molecule has 0 fully saturated rings. The first-order valence-electron chi connectivity index (χ1n) is 1.68. The Morgan fingerprint density at radius 1 is 2.00 bits per heavy atom. The van der Waals surface area contributed by atoms with Crippen LogP contribution in [0.4, 0.5) is 0 Å². The molecule has 1 aromatic rings. The van der Waals surface area contributed by atoms with Gasteiger partial charge in [0, 0.05) is 6.20 Å². The maximum Gasteiger partial charge on any atom is 0.0900 e. The molecule has 0 N–H and O–H groups in total. The molecule has 0 unspecified atom stereocenters. The summed E-state index contributed by atoms with van der Waals surface area (Å²) in [4.78, 5) is 3.88. The molecule has 1 heterocycles. The normalized spacial score (nSPS) is 8.83. The second-order valence-corrected chi connectivity index (χ2v) is 2.03. The van der Waals surface area contributed by atoms with E-state index in [4.69, 9.17) is 0 Å². The van der Waals surface area contributed by atoms with Gasteiger partial charge >= 0.3 is 0 Å². The third-order valence-electron chi connectivity index (χ3n) is 0.506. The van der Waals surface area contributed by atoms with E-state index in [9.17, 15) is 0 Å². The van der Waals surface area contributed by atoms with Crippen LogP contribution in [0.1, 0.15) is 5.01 Å². The summed E-state index contributed by atoms with van der Waals surface area (Å²) < 4.78 is 0. The average Bonchev–Trinajstić information content (AvgIpc) is 1.86. The van der Waals surface area contributed by atoms with Crippen molar-refractivity contribution in [2.24, 2.45) is 0 Å². The van der Waals surface area contributed by atoms with Gasteiger partial charge in [-0.15, -0.1) is 11.3 Å². The van der Waals surface area contributed by atoms with E-state index < -0.39 is 0 Å². The molecule has 0 atom stereocenters. The minimum Gasteiger partial charge on any atom is -0.249 e. The van der Waals surface area contributed by atoms with Crippen molar-refractivity contribution in [1.29, 1.82) is 0 Å². The molecule has 1 aromatic heterocycles. The lowest BCUT2D eigenvalue weighted by atomic mass is 10.8. The molecule has 0 aromatic carbocycles. The smallest absolute Gasteiger partial charge is 0.0900 e. The molecule has 31 valence electrons. The first-order chi connectivity index (χ1) is 2.89. The molecule has 0 amide bonds. The van der Waals surface area contributed by atoms with Crippen LogP contribution < -0.4 is 0 Å². The number of thiazole rings is 1. The SMILES string of the molecule is Cc1nc[c]s1. The van der Waals surface area contributed by atoms with E-state index in [2.05, 4.69) is 10.4 Å². The molecule has 0 spiro atoms. The summed E-state index contributed by atoms with van der Waals surface area (Å²) in [5, 5.41) is 3.94. The van der Waals surface area contributed by atoms with Crippen molar-refractivity contribution in [3.63, 3.8) is 0 Å². The number of aryl methyl sites for hydroxylation is 1. The topological polar surface area (TPSA) is 12.9 Å². The van der Waals surface area contributed by atoms with Gasteiger partial charge in [-0.1, -0.05) is 0 Å². The highest BCUT2D eigenvalue weighted by atomic mass is 32.1. The Labute approximate surface area is 40.7 Å². The van der Waals surface area contributed by atoms with Gasteiger partial charge in [-0.2, -0.15) is 0 Å². The van der Waals surface area contributed by atoms with Crippen LogP contribution in [0.2, 0.25) is 0 Å². The van der Waals surface area contributed by atoms with Gasteiger partial charge < -0.3 is 0 Å². The summed E-state index contributed by atoms with van der Waals surface area (Å²) in [6.45, 7) is 1.96. The summed E-state index contributed by atoms with van der Waals surface area (Å²) in [6, 6.07) is 0. The lowest BCUT2D eigenvalue weighted by Gasteiger charge is -1.64. The first-order valence-corrected chi connectivity index (χ1v) is 2.50. The number of hydrogen-bond acceptors (Lipinski definition) is 2. The average molecular weight is 98.2 g/mol. The van der Waals surface area contributed by atoms with Crippen molar-refractivity contribution >= 4 is 11.3 Å². The van der Waals surface area contributed by atoms with E-state index in [0.29, 0.717) is 0 Å². The minimum absolute atomic E-state index is 1.08. The van der Waals surface area contributed by atoms with E-state index in [1.165, 1.54) is 0 Å². The second kappa shape index (κ2) is 1.39. The lowest BCUT2D eigenvalue weighted by molar-refractivity contribution is 1.30. The summed E-state index contributed by atoms with van der Waals surface area (Å²) in [5.74, 6) is 0. The minimum atomic E-state index is 1.08. The number of aromatic nitrogens is 1. The Morgan fingerprint density at radius 3 is 3.00 bits per heavy atom. The predicted molar refractivity (Wildman–Crippen MR) is 25.7 cm³/mol. The van der Waals surface area contributed by atoms with Crippen molar-refractivity contribution < 1.29 is 0 Å². The zero-order valence-electron chi connectivity index (χ0n) is 3.43. The van der Waals surface area contributed by atoms with Gasteiger partial charge in [0.2, 0.25) is 0 Å². The Morgan fingerprint density at radius 2 is 2.83 bits per heavy atom. The van der Waals surface area contributed by atoms with E-state index >= 15 is 0 Å². The van der Waals surface area contributed by atoms with Gasteiger partial charge in [-0.3, -0.25) is 0 Å². The van der Waals surface area contributed by atoms with Crippen molar-refractivity contribution in [1.82, 2.24) is 4.98 Å². The van der Waals surface area contributed by atoms with Crippen molar-refractivity contribution in [2.75, 3.05) is 0 Å². The van der Waals surface area contributed by atoms with Gasteiger partial charge in [-0.25, -0.2) is 4.98 Å². The van der Waals surface area contributed by atoms with Crippen molar-refractivity contribution in [3.05, 3.63) is 16.6 Å². The molecular weight excluding hydrogens is 94.1 g/mol. The lowest BCUT2D eigenvalue weighted by Crippen LogP contribution is -1.56. The molecule has 0 bridgehead atoms. The molecule has 0 aliphatic rings. The van der Waals surface area contributed by atoms with Crippen LogP contribution in [0, 0.1) is 12.3 Å². The third-order valence-corrected chi connectivity index (χ3v) is 1.13. The molecule has 1 radical (unpaired) electrons. The fraction of sp³-hybridized carbons (Fsp3) is 0.250. The predicted octanol–water partition coefficient (Wildman–Crippen LogP) is 1.25. The highest BCUT2D eigenvalue weighted by molar-refractivity contribution is 7.08. The Kier molecular flexibility index (Phi) is 0.881. The first kappa shape index (κ1) is 3.81. The molecule has 0 aliphatic carbocycles. The number of nitrogens with zero attached hydrogens (tertiary/aromatic N) is 1. The van der Waals surface area contributed by atoms with Gasteiger partial charge in [0.25, 0.3) is 0 Å². The fourth-order valence-corrected chi connectivity index (χ4v) is 0.637. The second-order valence-electron chi connectivity index (χ2n) is 0.997. The molecule has 1 rings (SSSR count). The molecular formula is C4H4NS. The fourth-order valence-electron chi connectivity index (χ4n) is 0.255. The monoisotopic (exact) mass is 98.0 g/mol. The van der Waals surface area contributed by atoms with Gasteiger partial charge in [0.05, 0.1) is 10.4 Å². The highest BCUT2D eigenvalue weighted by Crippen LogP contribution is 1.97. The van der Waals surface area contributed by atoms with Crippen LogP contribution in [0.5, 0.6) is 0 Å². The van der Waals surface area contributed by atoms with Gasteiger partial charge in [0.1, 0.15) is 0 Å². The van der Waals surface area contributed by atoms with Gasteiger partial charge in [0.15, 0.2) is 0 Å². The van der Waals surface area contributed by atoms with Gasteiger partial charge in [-0.05, 0) is 6.92 Å². The summed E-state index contributed by atoms with van der Waals surface area (Å²) in [7, 11) is 0. The number of hydrogen-bond donors (Lipinski definition) is 0. The van der Waals surface area contributed by atoms with Crippen LogP contribution in [-0.4, -0.2) is 4.98 Å². The van der Waals surface area contributed by atoms with Crippen LogP contribution in [-0.2, 0) is 0 Å². The van der Waals surface area contributed by atoms with Crippen LogP contribution in [0.3, 0.4) is 0 Å². The van der Waals surface area contributed by atoms with E-state index in [0.717, 1.165) is 5.01 Å². The van der Waals surface area contributed by atoms with Crippen molar-refractivity contribution in [3.8, 4) is 0 Å². The van der Waals surface area contributed by atoms with E-state index in [1.54, 1.807) is 17.5 Å². The molecule has 0 aliphatic heterocycles. The standard InChI is InChI=1S/C4H4NS/c1-4-5-2-3-6-4/h2H,1H3. The highest BCUT2D eigenvalue weighted by Gasteiger charge is 1.77. The maximum absolute atomic E-state index is 3.88. The molecule has 2 heteroatoms. The number of rotatable bonds is 0. The van der Waals surface area contributed by atoms with Crippen LogP contribution in [0.15, 0.2) is 6.20 Å².